The Bertz CT molecular complexity index is 1230. The Morgan fingerprint density at radius 2 is 1.56 bits per heavy atom. The zero-order valence-electron chi connectivity index (χ0n) is 23.0. The van der Waals surface area contributed by atoms with E-state index >= 15 is 0 Å². The minimum Gasteiger partial charge on any atom is -0.491 e. The van der Waals surface area contributed by atoms with Crippen molar-refractivity contribution < 1.29 is 22.6 Å². The van der Waals surface area contributed by atoms with Gasteiger partial charge in [0.05, 0.1) is 19.3 Å². The summed E-state index contributed by atoms with van der Waals surface area (Å²) in [7, 11) is 0. The van der Waals surface area contributed by atoms with E-state index in [4.69, 9.17) is 9.47 Å². The van der Waals surface area contributed by atoms with Crippen LogP contribution in [-0.4, -0.2) is 19.3 Å². The van der Waals surface area contributed by atoms with E-state index < -0.39 is 11.6 Å². The molecule has 0 saturated carbocycles. The molecule has 0 radical (unpaired) electrons. The van der Waals surface area contributed by atoms with Crippen LogP contribution in [0.1, 0.15) is 70.8 Å². The summed E-state index contributed by atoms with van der Waals surface area (Å²) in [6, 6.07) is 15.0. The second-order valence-corrected chi connectivity index (χ2v) is 10.4. The van der Waals surface area contributed by atoms with Crippen LogP contribution in [0.2, 0.25) is 0 Å². The molecule has 0 bridgehead atoms. The molecule has 0 N–H and O–H groups in total. The average Bonchev–Trinajstić information content (AvgIpc) is 2.96. The van der Waals surface area contributed by atoms with Crippen molar-refractivity contribution in [3.05, 3.63) is 83.7 Å². The second-order valence-electron chi connectivity index (χ2n) is 10.4. The zero-order valence-corrected chi connectivity index (χ0v) is 23.0. The predicted molar refractivity (Wildman–Crippen MR) is 153 cm³/mol. The fraction of sp³-hybridized carbons (Fsp3) is 0.412. The summed E-state index contributed by atoms with van der Waals surface area (Å²) in [6.07, 6.45) is 13.7. The molecule has 0 spiro atoms. The first-order chi connectivity index (χ1) is 19.0. The Morgan fingerprint density at radius 3 is 2.26 bits per heavy atom. The molecule has 4 rings (SSSR count). The van der Waals surface area contributed by atoms with Crippen LogP contribution < -0.4 is 4.74 Å². The third kappa shape index (κ3) is 7.76. The standard InChI is InChI=1S/C34H39F3O2/c1-3-5-6-7-8-9-24-10-18-29(39-23-24)19-17-27-15-16-28(22-31(27)35)25-11-13-26(14-12-25)30-20-21-32(38-4-2)34(37)33(30)36/h11-17,19-22,24,29H,3-10,18,23H2,1-2H3/b19-17+. The van der Waals surface area contributed by atoms with E-state index in [1.807, 2.05) is 12.1 Å². The Hall–Kier alpha value is -3.05. The fourth-order valence-electron chi connectivity index (χ4n) is 5.16. The molecular formula is C34H39F3O2. The number of unbranched alkanes of at least 4 members (excludes halogenated alkanes) is 4. The minimum atomic E-state index is -1.000. The molecule has 1 fully saturated rings. The van der Waals surface area contributed by atoms with Gasteiger partial charge in [-0.3, -0.25) is 0 Å². The van der Waals surface area contributed by atoms with E-state index in [0.717, 1.165) is 25.0 Å². The van der Waals surface area contributed by atoms with Gasteiger partial charge in [0.25, 0.3) is 0 Å². The number of hydrogen-bond acceptors (Lipinski definition) is 2. The third-order valence-electron chi connectivity index (χ3n) is 7.49. The monoisotopic (exact) mass is 536 g/mol. The van der Waals surface area contributed by atoms with Crippen LogP contribution in [0.5, 0.6) is 5.75 Å². The van der Waals surface area contributed by atoms with Crippen LogP contribution in [0.4, 0.5) is 13.2 Å². The molecule has 1 aliphatic rings. The maximum Gasteiger partial charge on any atom is 0.201 e. The summed E-state index contributed by atoms with van der Waals surface area (Å²) in [5.74, 6) is -1.72. The first-order valence-corrected chi connectivity index (χ1v) is 14.3. The molecule has 0 amide bonds. The van der Waals surface area contributed by atoms with Crippen LogP contribution in [0.3, 0.4) is 0 Å². The molecule has 0 aliphatic carbocycles. The van der Waals surface area contributed by atoms with E-state index in [1.165, 1.54) is 56.7 Å². The number of ether oxygens (including phenoxy) is 2. The van der Waals surface area contributed by atoms with Gasteiger partial charge in [-0.25, -0.2) is 8.78 Å². The molecule has 1 aliphatic heterocycles. The average molecular weight is 537 g/mol. The van der Waals surface area contributed by atoms with Gasteiger partial charge in [0.2, 0.25) is 5.82 Å². The van der Waals surface area contributed by atoms with Gasteiger partial charge in [-0.05, 0) is 67.0 Å². The number of halogens is 3. The topological polar surface area (TPSA) is 18.5 Å². The number of benzene rings is 3. The van der Waals surface area contributed by atoms with Crippen molar-refractivity contribution in [2.45, 2.75) is 71.3 Å². The molecule has 1 heterocycles. The lowest BCUT2D eigenvalue weighted by molar-refractivity contribution is 0.00824. The molecule has 5 heteroatoms. The van der Waals surface area contributed by atoms with Crippen molar-refractivity contribution in [2.24, 2.45) is 5.92 Å². The second kappa shape index (κ2) is 14.4. The molecule has 39 heavy (non-hydrogen) atoms. The molecule has 2 nitrogen and oxygen atoms in total. The Morgan fingerprint density at radius 1 is 0.821 bits per heavy atom. The third-order valence-corrected chi connectivity index (χ3v) is 7.49. The van der Waals surface area contributed by atoms with Gasteiger partial charge in [0.15, 0.2) is 11.6 Å². The van der Waals surface area contributed by atoms with Crippen LogP contribution >= 0.6 is 0 Å². The van der Waals surface area contributed by atoms with Crippen molar-refractivity contribution in [3.63, 3.8) is 0 Å². The molecular weight excluding hydrogens is 497 g/mol. The normalized spacial score (nSPS) is 17.6. The number of hydrogen-bond donors (Lipinski definition) is 0. The fourth-order valence-corrected chi connectivity index (χ4v) is 5.16. The van der Waals surface area contributed by atoms with Gasteiger partial charge < -0.3 is 9.47 Å². The minimum absolute atomic E-state index is 0.0285. The quantitative estimate of drug-likeness (QED) is 0.214. The summed E-state index contributed by atoms with van der Waals surface area (Å²) in [4.78, 5) is 0. The largest absolute Gasteiger partial charge is 0.491 e. The maximum absolute atomic E-state index is 14.9. The van der Waals surface area contributed by atoms with Crippen molar-refractivity contribution in [3.8, 4) is 28.0 Å². The van der Waals surface area contributed by atoms with E-state index in [2.05, 4.69) is 6.92 Å². The van der Waals surface area contributed by atoms with Crippen LogP contribution in [-0.2, 0) is 4.74 Å². The van der Waals surface area contributed by atoms with Gasteiger partial charge in [0.1, 0.15) is 5.82 Å². The van der Waals surface area contributed by atoms with Gasteiger partial charge in [-0.15, -0.1) is 0 Å². The molecule has 3 aromatic rings. The van der Waals surface area contributed by atoms with E-state index in [0.29, 0.717) is 22.6 Å². The summed E-state index contributed by atoms with van der Waals surface area (Å²) in [5, 5.41) is 0. The van der Waals surface area contributed by atoms with Crippen LogP contribution in [0.15, 0.2) is 60.7 Å². The smallest absolute Gasteiger partial charge is 0.201 e. The van der Waals surface area contributed by atoms with Crippen molar-refractivity contribution in [1.29, 1.82) is 0 Å². The summed E-state index contributed by atoms with van der Waals surface area (Å²) < 4.78 is 55.0. The van der Waals surface area contributed by atoms with E-state index in [1.54, 1.807) is 43.3 Å². The van der Waals surface area contributed by atoms with Gasteiger partial charge in [-0.1, -0.05) is 87.6 Å². The van der Waals surface area contributed by atoms with Crippen LogP contribution in [0.25, 0.3) is 28.3 Å². The van der Waals surface area contributed by atoms with E-state index in [-0.39, 0.29) is 29.8 Å². The lowest BCUT2D eigenvalue weighted by Crippen LogP contribution is -2.24. The van der Waals surface area contributed by atoms with Crippen molar-refractivity contribution in [2.75, 3.05) is 13.2 Å². The highest BCUT2D eigenvalue weighted by Gasteiger charge is 2.20. The van der Waals surface area contributed by atoms with E-state index in [9.17, 15) is 13.2 Å². The van der Waals surface area contributed by atoms with Gasteiger partial charge >= 0.3 is 0 Å². The first-order valence-electron chi connectivity index (χ1n) is 14.3. The zero-order chi connectivity index (χ0) is 27.6. The Kier molecular flexibility index (Phi) is 10.7. The molecule has 0 aromatic heterocycles. The molecule has 1 saturated heterocycles. The predicted octanol–water partition coefficient (Wildman–Crippen LogP) is 10.0. The molecule has 2 unspecified atom stereocenters. The van der Waals surface area contributed by atoms with Gasteiger partial charge in [0, 0.05) is 11.1 Å². The first kappa shape index (κ1) is 28.9. The van der Waals surface area contributed by atoms with Crippen molar-refractivity contribution in [1.82, 2.24) is 0 Å². The Balaban J connectivity index is 1.34. The summed E-state index contributed by atoms with van der Waals surface area (Å²) in [5.41, 5.74) is 2.70. The lowest BCUT2D eigenvalue weighted by Gasteiger charge is -2.27. The molecule has 2 atom stereocenters. The highest BCUT2D eigenvalue weighted by molar-refractivity contribution is 5.72. The highest BCUT2D eigenvalue weighted by Crippen LogP contribution is 2.32. The van der Waals surface area contributed by atoms with Crippen LogP contribution in [0, 0.1) is 23.4 Å². The summed E-state index contributed by atoms with van der Waals surface area (Å²) in [6.45, 7) is 4.99. The lowest BCUT2D eigenvalue weighted by atomic mass is 9.92. The number of rotatable bonds is 12. The molecule has 3 aromatic carbocycles. The maximum atomic E-state index is 14.9. The SMILES string of the molecule is CCCCCCCC1CCC(/C=C/c2ccc(-c3ccc(-c4ccc(OCC)c(F)c4F)cc3)cc2F)OC1. The summed E-state index contributed by atoms with van der Waals surface area (Å²) >= 11 is 0. The molecule has 208 valence electrons. The highest BCUT2D eigenvalue weighted by atomic mass is 19.2. The van der Waals surface area contributed by atoms with Gasteiger partial charge in [-0.2, -0.15) is 4.39 Å². The Labute approximate surface area is 230 Å². The van der Waals surface area contributed by atoms with Crippen molar-refractivity contribution >= 4 is 6.08 Å².